The number of anilines is 1. The van der Waals surface area contributed by atoms with E-state index in [0.717, 1.165) is 19.5 Å². The van der Waals surface area contributed by atoms with E-state index in [2.05, 4.69) is 22.2 Å². The maximum Gasteiger partial charge on any atom is 0.333 e. The van der Waals surface area contributed by atoms with Crippen molar-refractivity contribution < 1.29 is 4.92 Å². The van der Waals surface area contributed by atoms with Gasteiger partial charge in [0.15, 0.2) is 0 Å². The third-order valence-electron chi connectivity index (χ3n) is 3.87. The highest BCUT2D eigenvalue weighted by Crippen LogP contribution is 2.29. The van der Waals surface area contributed by atoms with Gasteiger partial charge in [-0.2, -0.15) is 5.10 Å². The number of hydrogen-bond acceptors (Lipinski definition) is 5. The number of nitrogens with zero attached hydrogens (tertiary/aromatic N) is 4. The zero-order chi connectivity index (χ0) is 15.4. The molecule has 0 unspecified atom stereocenters. The van der Waals surface area contributed by atoms with Crippen molar-refractivity contribution in [2.75, 3.05) is 25.0 Å². The molecule has 1 fully saturated rings. The molecule has 0 spiro atoms. The molecule has 0 radical (unpaired) electrons. The highest BCUT2D eigenvalue weighted by molar-refractivity contribution is 5.59. The minimum absolute atomic E-state index is 0.109. The SMILES string of the molecule is CCCn1nc(C)c([N+](=O)[O-])c1NCCN(CC)C1CC1. The number of aryl methyl sites for hydroxylation is 2. The second-order valence-electron chi connectivity index (χ2n) is 5.55. The van der Waals surface area contributed by atoms with Crippen LogP contribution >= 0.6 is 0 Å². The van der Waals surface area contributed by atoms with Gasteiger partial charge in [0.1, 0.15) is 5.69 Å². The van der Waals surface area contributed by atoms with Gasteiger partial charge in [-0.3, -0.25) is 15.0 Å². The molecule has 1 saturated carbocycles. The number of hydrogen-bond donors (Lipinski definition) is 1. The molecule has 1 N–H and O–H groups in total. The van der Waals surface area contributed by atoms with Crippen molar-refractivity contribution in [1.82, 2.24) is 14.7 Å². The van der Waals surface area contributed by atoms with Crippen LogP contribution in [0.3, 0.4) is 0 Å². The summed E-state index contributed by atoms with van der Waals surface area (Å²) in [5.74, 6) is 0.547. The molecule has 1 aliphatic carbocycles. The third-order valence-corrected chi connectivity index (χ3v) is 3.87. The molecule has 0 aromatic carbocycles. The summed E-state index contributed by atoms with van der Waals surface area (Å²) in [6.45, 7) is 9.23. The quantitative estimate of drug-likeness (QED) is 0.559. The molecule has 1 aliphatic rings. The monoisotopic (exact) mass is 295 g/mol. The van der Waals surface area contributed by atoms with Crippen LogP contribution in [0, 0.1) is 17.0 Å². The Kier molecular flexibility index (Phi) is 5.17. The highest BCUT2D eigenvalue weighted by Gasteiger charge is 2.28. The first-order valence-corrected chi connectivity index (χ1v) is 7.78. The van der Waals surface area contributed by atoms with Crippen LogP contribution in [0.25, 0.3) is 0 Å². The molecule has 0 amide bonds. The number of rotatable bonds is 9. The maximum absolute atomic E-state index is 11.2. The first-order valence-electron chi connectivity index (χ1n) is 7.78. The summed E-state index contributed by atoms with van der Waals surface area (Å²) in [4.78, 5) is 13.3. The van der Waals surface area contributed by atoms with Gasteiger partial charge in [0, 0.05) is 25.7 Å². The van der Waals surface area contributed by atoms with Crippen LogP contribution in [0.4, 0.5) is 11.5 Å². The molecule has 1 heterocycles. The molecule has 0 bridgehead atoms. The van der Waals surface area contributed by atoms with Gasteiger partial charge in [-0.15, -0.1) is 0 Å². The molecule has 118 valence electrons. The van der Waals surface area contributed by atoms with Crippen LogP contribution in [0.15, 0.2) is 0 Å². The molecule has 0 saturated heterocycles. The lowest BCUT2D eigenvalue weighted by atomic mass is 10.3. The van der Waals surface area contributed by atoms with Crippen LogP contribution in [-0.2, 0) is 6.54 Å². The standard InChI is InChI=1S/C14H25N5O2/c1-4-9-18-14(13(19(20)21)11(3)16-18)15-8-10-17(5-2)12-6-7-12/h12,15H,4-10H2,1-3H3. The summed E-state index contributed by atoms with van der Waals surface area (Å²) >= 11 is 0. The van der Waals surface area contributed by atoms with Crippen molar-refractivity contribution in [2.45, 2.75) is 52.6 Å². The van der Waals surface area contributed by atoms with E-state index in [1.807, 2.05) is 6.92 Å². The van der Waals surface area contributed by atoms with Gasteiger partial charge in [-0.25, -0.2) is 4.68 Å². The van der Waals surface area contributed by atoms with Gasteiger partial charge in [-0.05, 0) is 32.7 Å². The Balaban J connectivity index is 2.04. The Morgan fingerprint density at radius 1 is 1.48 bits per heavy atom. The van der Waals surface area contributed by atoms with Crippen molar-refractivity contribution in [2.24, 2.45) is 0 Å². The second-order valence-corrected chi connectivity index (χ2v) is 5.55. The zero-order valence-electron chi connectivity index (χ0n) is 13.1. The minimum Gasteiger partial charge on any atom is -0.363 e. The third kappa shape index (κ3) is 3.72. The predicted octanol–water partition coefficient (Wildman–Crippen LogP) is 2.41. The number of likely N-dealkylation sites (N-methyl/N-ethyl adjacent to an activating group) is 1. The van der Waals surface area contributed by atoms with E-state index >= 15 is 0 Å². The lowest BCUT2D eigenvalue weighted by molar-refractivity contribution is -0.384. The molecule has 7 heteroatoms. The molecule has 21 heavy (non-hydrogen) atoms. The maximum atomic E-state index is 11.2. The molecule has 0 aliphatic heterocycles. The van der Waals surface area contributed by atoms with Gasteiger partial charge in [0.2, 0.25) is 5.82 Å². The Hall–Kier alpha value is -1.63. The molecule has 2 rings (SSSR count). The Morgan fingerprint density at radius 2 is 2.19 bits per heavy atom. The van der Waals surface area contributed by atoms with Crippen LogP contribution < -0.4 is 5.32 Å². The number of nitro groups is 1. The molecule has 7 nitrogen and oxygen atoms in total. The summed E-state index contributed by atoms with van der Waals surface area (Å²) in [6.07, 6.45) is 3.46. The van der Waals surface area contributed by atoms with Crippen LogP contribution in [-0.4, -0.2) is 45.3 Å². The van der Waals surface area contributed by atoms with E-state index in [9.17, 15) is 10.1 Å². The van der Waals surface area contributed by atoms with Gasteiger partial charge in [-0.1, -0.05) is 13.8 Å². The minimum atomic E-state index is -0.338. The van der Waals surface area contributed by atoms with Crippen LogP contribution in [0.2, 0.25) is 0 Å². The lowest BCUT2D eigenvalue weighted by Crippen LogP contribution is -2.31. The summed E-state index contributed by atoms with van der Waals surface area (Å²) < 4.78 is 1.72. The molecule has 0 atom stereocenters. The number of nitrogens with one attached hydrogen (secondary N) is 1. The fourth-order valence-corrected chi connectivity index (χ4v) is 2.70. The average Bonchev–Trinajstić information content (AvgIpc) is 3.21. The normalized spacial score (nSPS) is 14.7. The van der Waals surface area contributed by atoms with Crippen molar-refractivity contribution >= 4 is 11.5 Å². The molecule has 1 aromatic heterocycles. The van der Waals surface area contributed by atoms with Crippen LogP contribution in [0.5, 0.6) is 0 Å². The summed E-state index contributed by atoms with van der Waals surface area (Å²) in [7, 11) is 0. The fourth-order valence-electron chi connectivity index (χ4n) is 2.70. The van der Waals surface area contributed by atoms with Crippen molar-refractivity contribution in [3.63, 3.8) is 0 Å². The molecular weight excluding hydrogens is 270 g/mol. The highest BCUT2D eigenvalue weighted by atomic mass is 16.6. The molecular formula is C14H25N5O2. The van der Waals surface area contributed by atoms with E-state index in [1.54, 1.807) is 11.6 Å². The summed E-state index contributed by atoms with van der Waals surface area (Å²) in [5.41, 5.74) is 0.586. The van der Waals surface area contributed by atoms with Crippen molar-refractivity contribution in [3.8, 4) is 0 Å². The van der Waals surface area contributed by atoms with Gasteiger partial charge in [0.25, 0.3) is 0 Å². The van der Waals surface area contributed by atoms with Crippen LogP contribution in [0.1, 0.15) is 38.8 Å². The van der Waals surface area contributed by atoms with Crippen molar-refractivity contribution in [3.05, 3.63) is 15.8 Å². The first kappa shape index (κ1) is 15.8. The van der Waals surface area contributed by atoms with E-state index in [1.165, 1.54) is 12.8 Å². The van der Waals surface area contributed by atoms with Gasteiger partial charge < -0.3 is 5.32 Å². The van der Waals surface area contributed by atoms with E-state index in [-0.39, 0.29) is 10.6 Å². The van der Waals surface area contributed by atoms with E-state index in [4.69, 9.17) is 0 Å². The smallest absolute Gasteiger partial charge is 0.333 e. The van der Waals surface area contributed by atoms with E-state index in [0.29, 0.717) is 30.6 Å². The van der Waals surface area contributed by atoms with E-state index < -0.39 is 0 Å². The predicted molar refractivity (Wildman–Crippen MR) is 82.7 cm³/mol. The first-order chi connectivity index (χ1) is 10.1. The Bertz CT molecular complexity index is 496. The largest absolute Gasteiger partial charge is 0.363 e. The molecule has 1 aromatic rings. The summed E-state index contributed by atoms with van der Waals surface area (Å²) in [6, 6.07) is 0.717. The average molecular weight is 295 g/mol. The van der Waals surface area contributed by atoms with Gasteiger partial charge >= 0.3 is 5.69 Å². The fraction of sp³-hybridized carbons (Fsp3) is 0.786. The van der Waals surface area contributed by atoms with Gasteiger partial charge in [0.05, 0.1) is 4.92 Å². The lowest BCUT2D eigenvalue weighted by Gasteiger charge is -2.20. The Labute approximate surface area is 125 Å². The Morgan fingerprint density at radius 3 is 2.71 bits per heavy atom. The second kappa shape index (κ2) is 6.89. The van der Waals surface area contributed by atoms with Crippen molar-refractivity contribution in [1.29, 1.82) is 0 Å². The topological polar surface area (TPSA) is 76.2 Å². The zero-order valence-corrected chi connectivity index (χ0v) is 13.1. The number of aromatic nitrogens is 2. The summed E-state index contributed by atoms with van der Waals surface area (Å²) in [5, 5.41) is 18.8.